The number of carbonyl (C=O) groups excluding carboxylic acids is 2. The Morgan fingerprint density at radius 1 is 1.14 bits per heavy atom. The van der Waals surface area contributed by atoms with E-state index in [0.29, 0.717) is 23.7 Å². The van der Waals surface area contributed by atoms with Gasteiger partial charge < -0.3 is 9.64 Å². The first-order chi connectivity index (χ1) is 13.7. The molecule has 0 bridgehead atoms. The van der Waals surface area contributed by atoms with E-state index < -0.39 is 5.97 Å². The summed E-state index contributed by atoms with van der Waals surface area (Å²) in [6, 6.07) is 15.1. The van der Waals surface area contributed by atoms with Crippen molar-refractivity contribution in [1.29, 1.82) is 0 Å². The third-order valence-electron chi connectivity index (χ3n) is 4.44. The first-order valence-electron chi connectivity index (χ1n) is 8.89. The largest absolute Gasteiger partial charge is 0.452 e. The first kappa shape index (κ1) is 18.7. The summed E-state index contributed by atoms with van der Waals surface area (Å²) in [7, 11) is 0. The second kappa shape index (κ2) is 8.58. The van der Waals surface area contributed by atoms with Crippen molar-refractivity contribution in [2.24, 2.45) is 0 Å². The maximum absolute atomic E-state index is 12.6. The zero-order valence-corrected chi connectivity index (χ0v) is 16.7. The van der Waals surface area contributed by atoms with Crippen LogP contribution in [0.25, 0.3) is 0 Å². The van der Waals surface area contributed by atoms with Crippen LogP contribution in [0.3, 0.4) is 0 Å². The van der Waals surface area contributed by atoms with Gasteiger partial charge in [-0.2, -0.15) is 0 Å². The van der Waals surface area contributed by atoms with Gasteiger partial charge in [0, 0.05) is 29.1 Å². The van der Waals surface area contributed by atoms with Crippen LogP contribution >= 0.6 is 23.1 Å². The molecule has 0 spiro atoms. The summed E-state index contributed by atoms with van der Waals surface area (Å²) >= 11 is 3.12. The highest BCUT2D eigenvalue weighted by Gasteiger charge is 2.23. The van der Waals surface area contributed by atoms with E-state index in [1.807, 2.05) is 41.8 Å². The molecule has 0 unspecified atom stereocenters. The molecule has 3 aromatic rings. The van der Waals surface area contributed by atoms with Crippen molar-refractivity contribution in [3.05, 3.63) is 76.1 Å². The van der Waals surface area contributed by atoms with Crippen molar-refractivity contribution >= 4 is 35.0 Å². The highest BCUT2D eigenvalue weighted by atomic mass is 32.2. The number of hydrogen-bond donors (Lipinski definition) is 0. The molecular formula is C21H18N2O3S2. The van der Waals surface area contributed by atoms with Crippen molar-refractivity contribution in [2.75, 3.05) is 13.2 Å². The number of fused-ring (bicyclic) bond motifs is 1. The van der Waals surface area contributed by atoms with Gasteiger partial charge in [-0.3, -0.25) is 4.79 Å². The van der Waals surface area contributed by atoms with Gasteiger partial charge in [-0.25, -0.2) is 9.78 Å². The Balaban J connectivity index is 1.38. The Hall–Kier alpha value is -2.64. The van der Waals surface area contributed by atoms with E-state index in [0.717, 1.165) is 11.3 Å². The minimum atomic E-state index is -0.534. The Morgan fingerprint density at radius 2 is 2.00 bits per heavy atom. The summed E-state index contributed by atoms with van der Waals surface area (Å²) in [4.78, 5) is 33.4. The summed E-state index contributed by atoms with van der Waals surface area (Å²) in [5.74, 6) is -0.709. The SMILES string of the molecule is O=C(OCC(=O)N1CCc2sccc2C1)c1cccnc1Sc1ccccc1. The molecule has 4 rings (SSSR count). The maximum atomic E-state index is 12.6. The maximum Gasteiger partial charge on any atom is 0.341 e. The van der Waals surface area contributed by atoms with Crippen LogP contribution in [0.1, 0.15) is 20.8 Å². The Bertz CT molecular complexity index is 988. The number of ether oxygens (including phenoxy) is 1. The number of thiophene rings is 1. The zero-order chi connectivity index (χ0) is 19.3. The van der Waals surface area contributed by atoms with E-state index >= 15 is 0 Å². The lowest BCUT2D eigenvalue weighted by atomic mass is 10.1. The van der Waals surface area contributed by atoms with Gasteiger partial charge in [-0.15, -0.1) is 11.3 Å². The van der Waals surface area contributed by atoms with Crippen LogP contribution in [-0.4, -0.2) is 34.9 Å². The highest BCUT2D eigenvalue weighted by Crippen LogP contribution is 2.29. The van der Waals surface area contributed by atoms with E-state index in [-0.39, 0.29) is 12.5 Å². The molecule has 0 radical (unpaired) electrons. The van der Waals surface area contributed by atoms with Gasteiger partial charge in [0.25, 0.3) is 5.91 Å². The van der Waals surface area contributed by atoms with Gasteiger partial charge in [0.15, 0.2) is 6.61 Å². The predicted octanol–water partition coefficient (Wildman–Crippen LogP) is 4.04. The smallest absolute Gasteiger partial charge is 0.341 e. The fourth-order valence-corrected chi connectivity index (χ4v) is 4.77. The minimum Gasteiger partial charge on any atom is -0.452 e. The molecule has 0 N–H and O–H groups in total. The van der Waals surface area contributed by atoms with Crippen molar-refractivity contribution < 1.29 is 14.3 Å². The van der Waals surface area contributed by atoms with Crippen molar-refractivity contribution in [2.45, 2.75) is 22.9 Å². The van der Waals surface area contributed by atoms with Gasteiger partial charge in [0.05, 0.1) is 5.56 Å². The topological polar surface area (TPSA) is 59.5 Å². The van der Waals surface area contributed by atoms with E-state index in [4.69, 9.17) is 4.74 Å². The number of benzene rings is 1. The van der Waals surface area contributed by atoms with E-state index in [1.54, 1.807) is 34.6 Å². The molecule has 1 amide bonds. The fraction of sp³-hybridized carbons (Fsp3) is 0.190. The second-order valence-electron chi connectivity index (χ2n) is 6.28. The van der Waals surface area contributed by atoms with E-state index in [2.05, 4.69) is 4.98 Å². The molecule has 0 saturated heterocycles. The van der Waals surface area contributed by atoms with Gasteiger partial charge in [-0.05, 0) is 47.7 Å². The summed E-state index contributed by atoms with van der Waals surface area (Å²) in [5.41, 5.74) is 1.55. The summed E-state index contributed by atoms with van der Waals surface area (Å²) in [6.45, 7) is 0.978. The molecule has 1 aliphatic rings. The number of pyridine rings is 1. The van der Waals surface area contributed by atoms with Crippen LogP contribution in [0, 0.1) is 0 Å². The van der Waals surface area contributed by atoms with Crippen molar-refractivity contribution in [3.63, 3.8) is 0 Å². The molecule has 2 aromatic heterocycles. The quantitative estimate of drug-likeness (QED) is 0.594. The number of amides is 1. The monoisotopic (exact) mass is 410 g/mol. The van der Waals surface area contributed by atoms with Gasteiger partial charge in [-0.1, -0.05) is 30.0 Å². The van der Waals surface area contributed by atoms with Crippen LogP contribution in [0.5, 0.6) is 0 Å². The molecule has 5 nitrogen and oxygen atoms in total. The fourth-order valence-electron chi connectivity index (χ4n) is 2.99. The molecule has 1 aromatic carbocycles. The number of aromatic nitrogens is 1. The molecule has 1 aliphatic heterocycles. The summed E-state index contributed by atoms with van der Waals surface area (Å²) in [6.07, 6.45) is 2.49. The average Bonchev–Trinajstić information content (AvgIpc) is 3.21. The molecule has 3 heterocycles. The van der Waals surface area contributed by atoms with Crippen LogP contribution in [0.4, 0.5) is 0 Å². The second-order valence-corrected chi connectivity index (χ2v) is 8.34. The normalized spacial score (nSPS) is 13.1. The van der Waals surface area contributed by atoms with E-state index in [9.17, 15) is 9.59 Å². The molecule has 28 heavy (non-hydrogen) atoms. The molecule has 0 aliphatic carbocycles. The van der Waals surface area contributed by atoms with Crippen molar-refractivity contribution in [3.8, 4) is 0 Å². The zero-order valence-electron chi connectivity index (χ0n) is 15.0. The third kappa shape index (κ3) is 4.26. The van der Waals surface area contributed by atoms with Gasteiger partial charge in [0.1, 0.15) is 5.03 Å². The Morgan fingerprint density at radius 3 is 2.86 bits per heavy atom. The van der Waals surface area contributed by atoms with E-state index in [1.165, 1.54) is 22.2 Å². The molecule has 7 heteroatoms. The van der Waals surface area contributed by atoms with Crippen molar-refractivity contribution in [1.82, 2.24) is 9.88 Å². The molecule has 0 fully saturated rings. The highest BCUT2D eigenvalue weighted by molar-refractivity contribution is 7.99. The molecule has 142 valence electrons. The molecule has 0 atom stereocenters. The lowest BCUT2D eigenvalue weighted by Crippen LogP contribution is -2.38. The summed E-state index contributed by atoms with van der Waals surface area (Å²) in [5, 5.41) is 2.61. The number of esters is 1. The lowest BCUT2D eigenvalue weighted by Gasteiger charge is -2.26. The summed E-state index contributed by atoms with van der Waals surface area (Å²) < 4.78 is 5.31. The Labute approximate surface area is 171 Å². The van der Waals surface area contributed by atoms with Crippen LogP contribution in [0.2, 0.25) is 0 Å². The van der Waals surface area contributed by atoms with Gasteiger partial charge >= 0.3 is 5.97 Å². The van der Waals surface area contributed by atoms with Gasteiger partial charge in [0.2, 0.25) is 0 Å². The predicted molar refractivity (Wildman–Crippen MR) is 109 cm³/mol. The van der Waals surface area contributed by atoms with Crippen LogP contribution < -0.4 is 0 Å². The molecule has 0 saturated carbocycles. The Kier molecular flexibility index (Phi) is 5.73. The number of hydrogen-bond acceptors (Lipinski definition) is 6. The lowest BCUT2D eigenvalue weighted by molar-refractivity contribution is -0.135. The standard InChI is InChI=1S/C21H18N2O3S2/c24-19(23-11-8-18-15(13-23)9-12-27-18)14-26-21(25)17-7-4-10-22-20(17)28-16-5-2-1-3-6-16/h1-7,9-10,12H,8,11,13-14H2. The average molecular weight is 411 g/mol. The number of rotatable bonds is 5. The first-order valence-corrected chi connectivity index (χ1v) is 10.6. The third-order valence-corrected chi connectivity index (χ3v) is 6.49. The minimum absolute atomic E-state index is 0.175. The number of nitrogens with zero attached hydrogens (tertiary/aromatic N) is 2. The van der Waals surface area contributed by atoms with Crippen LogP contribution in [0.15, 0.2) is 70.0 Å². The molecular weight excluding hydrogens is 392 g/mol. The van der Waals surface area contributed by atoms with Crippen LogP contribution in [-0.2, 0) is 22.5 Å². The number of carbonyl (C=O) groups is 2.